The summed E-state index contributed by atoms with van der Waals surface area (Å²) in [4.78, 5) is 16.6. The zero-order chi connectivity index (χ0) is 14.0. The third kappa shape index (κ3) is 2.71. The Kier molecular flexibility index (Phi) is 4.04. The topological polar surface area (TPSA) is 43.6 Å². The van der Waals surface area contributed by atoms with E-state index in [4.69, 9.17) is 4.74 Å². The molecule has 1 heterocycles. The standard InChI is InChI=1S/C14H18N2O2S/c1-5-18-10-7-6-8-11-12(10)16(4)14(19-11)15-13(17)9(2)3/h6-9H,5H2,1-4H3. The molecule has 0 aliphatic carbocycles. The fourth-order valence-corrected chi connectivity index (χ4v) is 2.81. The highest BCUT2D eigenvalue weighted by atomic mass is 32.1. The van der Waals surface area contributed by atoms with Crippen LogP contribution < -0.4 is 9.54 Å². The van der Waals surface area contributed by atoms with Crippen LogP contribution in [0.25, 0.3) is 10.2 Å². The quantitative estimate of drug-likeness (QED) is 0.866. The molecule has 1 aromatic carbocycles. The van der Waals surface area contributed by atoms with Crippen LogP contribution in [0.4, 0.5) is 0 Å². The van der Waals surface area contributed by atoms with Crippen molar-refractivity contribution in [1.82, 2.24) is 4.57 Å². The van der Waals surface area contributed by atoms with E-state index < -0.39 is 0 Å². The van der Waals surface area contributed by atoms with Crippen molar-refractivity contribution in [2.75, 3.05) is 6.61 Å². The number of nitrogens with zero attached hydrogens (tertiary/aromatic N) is 2. The van der Waals surface area contributed by atoms with Gasteiger partial charge in [0.05, 0.1) is 11.3 Å². The van der Waals surface area contributed by atoms with E-state index in [9.17, 15) is 4.79 Å². The third-order valence-electron chi connectivity index (χ3n) is 2.79. The van der Waals surface area contributed by atoms with Gasteiger partial charge < -0.3 is 9.30 Å². The van der Waals surface area contributed by atoms with Crippen LogP contribution >= 0.6 is 11.3 Å². The zero-order valence-corrected chi connectivity index (χ0v) is 12.5. The number of carbonyl (C=O) groups is 1. The van der Waals surface area contributed by atoms with Gasteiger partial charge in [0, 0.05) is 13.0 Å². The average molecular weight is 278 g/mol. The molecule has 1 amide bonds. The molecule has 0 radical (unpaired) electrons. The van der Waals surface area contributed by atoms with E-state index in [1.165, 1.54) is 11.3 Å². The van der Waals surface area contributed by atoms with Crippen molar-refractivity contribution in [3.8, 4) is 5.75 Å². The van der Waals surface area contributed by atoms with Gasteiger partial charge in [0.25, 0.3) is 5.91 Å². The summed E-state index contributed by atoms with van der Waals surface area (Å²) in [5.41, 5.74) is 0.990. The zero-order valence-electron chi connectivity index (χ0n) is 11.6. The van der Waals surface area contributed by atoms with E-state index in [-0.39, 0.29) is 11.8 Å². The molecule has 1 aromatic heterocycles. The van der Waals surface area contributed by atoms with Crippen molar-refractivity contribution in [1.29, 1.82) is 0 Å². The number of rotatable bonds is 3. The molecule has 0 atom stereocenters. The van der Waals surface area contributed by atoms with Crippen LogP contribution in [-0.4, -0.2) is 17.1 Å². The Balaban J connectivity index is 2.63. The number of thiazole rings is 1. The molecule has 102 valence electrons. The van der Waals surface area contributed by atoms with Gasteiger partial charge in [0.15, 0.2) is 4.80 Å². The molecule has 0 unspecified atom stereocenters. The van der Waals surface area contributed by atoms with Gasteiger partial charge in [-0.15, -0.1) is 0 Å². The van der Waals surface area contributed by atoms with Gasteiger partial charge in [-0.25, -0.2) is 0 Å². The Bertz CT molecular complexity index is 668. The first-order chi connectivity index (χ1) is 9.04. The minimum absolute atomic E-state index is 0.0865. The molecule has 19 heavy (non-hydrogen) atoms. The van der Waals surface area contributed by atoms with Gasteiger partial charge in [0.1, 0.15) is 11.3 Å². The number of aromatic nitrogens is 1. The van der Waals surface area contributed by atoms with E-state index in [0.29, 0.717) is 11.4 Å². The number of benzene rings is 1. The molecular weight excluding hydrogens is 260 g/mol. The Morgan fingerprint density at radius 1 is 1.47 bits per heavy atom. The number of para-hydroxylation sites is 1. The van der Waals surface area contributed by atoms with Crippen molar-refractivity contribution >= 4 is 27.5 Å². The van der Waals surface area contributed by atoms with Gasteiger partial charge in [-0.2, -0.15) is 4.99 Å². The van der Waals surface area contributed by atoms with Crippen LogP contribution in [0.15, 0.2) is 23.2 Å². The fourth-order valence-electron chi connectivity index (χ4n) is 1.77. The number of hydrogen-bond donors (Lipinski definition) is 0. The number of fused-ring (bicyclic) bond motifs is 1. The molecule has 0 aliphatic heterocycles. The minimum atomic E-state index is -0.0971. The van der Waals surface area contributed by atoms with Crippen LogP contribution in [0.1, 0.15) is 20.8 Å². The summed E-state index contributed by atoms with van der Waals surface area (Å²) in [6, 6.07) is 5.91. The monoisotopic (exact) mass is 278 g/mol. The summed E-state index contributed by atoms with van der Waals surface area (Å²) in [6.07, 6.45) is 0. The van der Waals surface area contributed by atoms with Gasteiger partial charge >= 0.3 is 0 Å². The maximum Gasteiger partial charge on any atom is 0.250 e. The molecular formula is C14H18N2O2S. The number of ether oxygens (including phenoxy) is 1. The average Bonchev–Trinajstić information content (AvgIpc) is 2.68. The maximum absolute atomic E-state index is 11.7. The van der Waals surface area contributed by atoms with Gasteiger partial charge in [-0.05, 0) is 19.1 Å². The Labute approximate surface area is 116 Å². The van der Waals surface area contributed by atoms with Crippen molar-refractivity contribution < 1.29 is 9.53 Å². The summed E-state index contributed by atoms with van der Waals surface area (Å²) >= 11 is 1.51. The van der Waals surface area contributed by atoms with Crippen molar-refractivity contribution in [3.05, 3.63) is 23.0 Å². The highest BCUT2D eigenvalue weighted by molar-refractivity contribution is 7.16. The molecule has 0 saturated heterocycles. The molecule has 0 aliphatic rings. The molecule has 0 N–H and O–H groups in total. The SMILES string of the molecule is CCOc1cccc2sc(=NC(=O)C(C)C)n(C)c12. The van der Waals surface area contributed by atoms with E-state index >= 15 is 0 Å². The second-order valence-corrected chi connectivity index (χ2v) is 5.59. The maximum atomic E-state index is 11.7. The normalized spacial score (nSPS) is 12.4. The van der Waals surface area contributed by atoms with Crippen LogP contribution in [0.5, 0.6) is 5.75 Å². The van der Waals surface area contributed by atoms with Crippen LogP contribution in [0.2, 0.25) is 0 Å². The Morgan fingerprint density at radius 2 is 2.21 bits per heavy atom. The van der Waals surface area contributed by atoms with Crippen LogP contribution in [-0.2, 0) is 11.8 Å². The minimum Gasteiger partial charge on any atom is -0.492 e. The number of aryl methyl sites for hydroxylation is 1. The van der Waals surface area contributed by atoms with E-state index in [1.54, 1.807) is 0 Å². The lowest BCUT2D eigenvalue weighted by molar-refractivity contribution is -0.120. The molecule has 5 heteroatoms. The van der Waals surface area contributed by atoms with Crippen molar-refractivity contribution in [3.63, 3.8) is 0 Å². The summed E-state index contributed by atoms with van der Waals surface area (Å²) in [5, 5.41) is 0. The van der Waals surface area contributed by atoms with Crippen molar-refractivity contribution in [2.45, 2.75) is 20.8 Å². The number of carbonyl (C=O) groups excluding carboxylic acids is 1. The molecule has 0 saturated carbocycles. The van der Waals surface area contributed by atoms with Crippen LogP contribution in [0.3, 0.4) is 0 Å². The summed E-state index contributed by atoms with van der Waals surface area (Å²) < 4.78 is 8.62. The van der Waals surface area contributed by atoms with Gasteiger partial charge in [-0.1, -0.05) is 31.3 Å². The fraction of sp³-hybridized carbons (Fsp3) is 0.429. The predicted octanol–water partition coefficient (Wildman–Crippen LogP) is 2.72. The van der Waals surface area contributed by atoms with Crippen molar-refractivity contribution in [2.24, 2.45) is 18.0 Å². The predicted molar refractivity (Wildman–Crippen MR) is 77.4 cm³/mol. The van der Waals surface area contributed by atoms with E-state index in [0.717, 1.165) is 16.0 Å². The molecule has 2 aromatic rings. The molecule has 0 fully saturated rings. The van der Waals surface area contributed by atoms with Gasteiger partial charge in [0.2, 0.25) is 0 Å². The summed E-state index contributed by atoms with van der Waals surface area (Å²) in [5.74, 6) is 0.647. The molecule has 0 bridgehead atoms. The smallest absolute Gasteiger partial charge is 0.250 e. The molecule has 2 rings (SSSR count). The summed E-state index contributed by atoms with van der Waals surface area (Å²) in [6.45, 7) is 6.28. The first kappa shape index (κ1) is 13.8. The van der Waals surface area contributed by atoms with Gasteiger partial charge in [-0.3, -0.25) is 4.79 Å². The first-order valence-electron chi connectivity index (χ1n) is 6.34. The molecule has 0 spiro atoms. The summed E-state index contributed by atoms with van der Waals surface area (Å²) in [7, 11) is 1.91. The lowest BCUT2D eigenvalue weighted by atomic mass is 10.2. The lowest BCUT2D eigenvalue weighted by Gasteiger charge is -2.05. The van der Waals surface area contributed by atoms with E-state index in [1.807, 2.05) is 50.6 Å². The third-order valence-corrected chi connectivity index (χ3v) is 3.88. The Morgan fingerprint density at radius 3 is 2.84 bits per heavy atom. The second-order valence-electron chi connectivity index (χ2n) is 4.58. The second kappa shape index (κ2) is 5.57. The number of amides is 1. The van der Waals surface area contributed by atoms with E-state index in [2.05, 4.69) is 4.99 Å². The highest BCUT2D eigenvalue weighted by Gasteiger charge is 2.11. The lowest BCUT2D eigenvalue weighted by Crippen LogP contribution is -2.15. The first-order valence-corrected chi connectivity index (χ1v) is 7.16. The number of hydrogen-bond acceptors (Lipinski definition) is 3. The van der Waals surface area contributed by atoms with Crippen LogP contribution in [0, 0.1) is 5.92 Å². The Hall–Kier alpha value is -1.62. The largest absolute Gasteiger partial charge is 0.492 e. The molecule has 4 nitrogen and oxygen atoms in total. The highest BCUT2D eigenvalue weighted by Crippen LogP contribution is 2.26.